The first-order chi connectivity index (χ1) is 13.4. The standard InChI is InChI=1S/C20H26N4O3S/c1-14-19(13-24(21-14)17-5-2-3-6-17)28(26,27)22-10-15-9-16(12-22)18-7-4-8-20(25)23(18)11-15/h4,7-8,13,15-17H,2-3,5-6,9-12H2,1H3. The third-order valence-electron chi connectivity index (χ3n) is 6.63. The third kappa shape index (κ3) is 2.85. The van der Waals surface area contributed by atoms with Gasteiger partial charge in [0.05, 0.1) is 11.7 Å². The third-order valence-corrected chi connectivity index (χ3v) is 8.57. The van der Waals surface area contributed by atoms with E-state index in [0.29, 0.717) is 36.3 Å². The Morgan fingerprint density at radius 3 is 2.68 bits per heavy atom. The Hall–Kier alpha value is -1.93. The molecule has 5 rings (SSSR count). The zero-order valence-electron chi connectivity index (χ0n) is 16.1. The highest BCUT2D eigenvalue weighted by Crippen LogP contribution is 2.38. The van der Waals surface area contributed by atoms with Crippen LogP contribution in [-0.4, -0.2) is 40.2 Å². The average Bonchev–Trinajstić information content (AvgIpc) is 3.32. The van der Waals surface area contributed by atoms with Crippen LogP contribution in [0.25, 0.3) is 0 Å². The molecular weight excluding hydrogens is 376 g/mol. The van der Waals surface area contributed by atoms with E-state index in [1.54, 1.807) is 29.6 Å². The smallest absolute Gasteiger partial charge is 0.250 e. The van der Waals surface area contributed by atoms with Gasteiger partial charge in [0.1, 0.15) is 4.90 Å². The zero-order chi connectivity index (χ0) is 19.5. The molecule has 0 spiro atoms. The van der Waals surface area contributed by atoms with Gasteiger partial charge in [-0.25, -0.2) is 8.42 Å². The van der Waals surface area contributed by atoms with Crippen molar-refractivity contribution >= 4 is 10.0 Å². The minimum absolute atomic E-state index is 0.0113. The number of sulfonamides is 1. The lowest BCUT2D eigenvalue weighted by atomic mass is 9.84. The molecule has 3 aliphatic rings. The van der Waals surface area contributed by atoms with E-state index < -0.39 is 10.0 Å². The summed E-state index contributed by atoms with van der Waals surface area (Å²) in [6.07, 6.45) is 7.18. The van der Waals surface area contributed by atoms with Crippen molar-refractivity contribution in [3.05, 3.63) is 46.1 Å². The summed E-state index contributed by atoms with van der Waals surface area (Å²) in [6, 6.07) is 5.64. The van der Waals surface area contributed by atoms with Crippen molar-refractivity contribution in [3.63, 3.8) is 0 Å². The van der Waals surface area contributed by atoms with Crippen molar-refractivity contribution in [1.82, 2.24) is 18.7 Å². The van der Waals surface area contributed by atoms with E-state index in [4.69, 9.17) is 0 Å². The second-order valence-corrected chi connectivity index (χ2v) is 10.4. The van der Waals surface area contributed by atoms with Crippen LogP contribution in [0.1, 0.15) is 55.5 Å². The maximum atomic E-state index is 13.5. The molecule has 4 heterocycles. The summed E-state index contributed by atoms with van der Waals surface area (Å²) in [4.78, 5) is 12.5. The SMILES string of the molecule is Cc1nn(C2CCCC2)cc1S(=O)(=O)N1CC2CC(C1)c1cccc(=O)n1C2. The Labute approximate surface area is 165 Å². The predicted octanol–water partition coefficient (Wildman–Crippen LogP) is 2.28. The van der Waals surface area contributed by atoms with Gasteiger partial charge in [-0.3, -0.25) is 9.48 Å². The van der Waals surface area contributed by atoms with E-state index in [1.165, 1.54) is 12.8 Å². The summed E-state index contributed by atoms with van der Waals surface area (Å²) in [6.45, 7) is 3.28. The van der Waals surface area contributed by atoms with E-state index in [0.717, 1.165) is 25.0 Å². The van der Waals surface area contributed by atoms with Crippen molar-refractivity contribution < 1.29 is 8.42 Å². The van der Waals surface area contributed by atoms with Crippen LogP contribution in [0.3, 0.4) is 0 Å². The van der Waals surface area contributed by atoms with Crippen LogP contribution in [-0.2, 0) is 16.6 Å². The number of aromatic nitrogens is 3. The Bertz CT molecular complexity index is 1070. The molecule has 2 bridgehead atoms. The first-order valence-electron chi connectivity index (χ1n) is 10.2. The maximum absolute atomic E-state index is 13.5. The molecule has 2 fully saturated rings. The molecule has 0 N–H and O–H groups in total. The van der Waals surface area contributed by atoms with Gasteiger partial charge in [0, 0.05) is 43.5 Å². The molecule has 1 aliphatic carbocycles. The number of piperidine rings is 1. The fourth-order valence-electron chi connectivity index (χ4n) is 5.26. The molecule has 1 saturated carbocycles. The topological polar surface area (TPSA) is 77.2 Å². The minimum atomic E-state index is -3.59. The highest BCUT2D eigenvalue weighted by molar-refractivity contribution is 7.89. The minimum Gasteiger partial charge on any atom is -0.312 e. The Balaban J connectivity index is 1.46. The van der Waals surface area contributed by atoms with Gasteiger partial charge in [-0.1, -0.05) is 18.9 Å². The molecule has 2 aliphatic heterocycles. The van der Waals surface area contributed by atoms with E-state index in [9.17, 15) is 13.2 Å². The molecule has 150 valence electrons. The quantitative estimate of drug-likeness (QED) is 0.789. The maximum Gasteiger partial charge on any atom is 0.250 e. The van der Waals surface area contributed by atoms with Crippen molar-refractivity contribution in [1.29, 1.82) is 0 Å². The molecule has 2 unspecified atom stereocenters. The van der Waals surface area contributed by atoms with Crippen LogP contribution in [0.5, 0.6) is 0 Å². The van der Waals surface area contributed by atoms with Gasteiger partial charge in [-0.05, 0) is 38.2 Å². The monoisotopic (exact) mass is 402 g/mol. The number of hydrogen-bond donors (Lipinski definition) is 0. The van der Waals surface area contributed by atoms with E-state index in [1.807, 2.05) is 15.3 Å². The number of hydrogen-bond acceptors (Lipinski definition) is 4. The lowest BCUT2D eigenvalue weighted by molar-refractivity contribution is 0.186. The normalized spacial score (nSPS) is 25.8. The molecule has 0 amide bonds. The van der Waals surface area contributed by atoms with E-state index >= 15 is 0 Å². The van der Waals surface area contributed by atoms with Crippen LogP contribution >= 0.6 is 0 Å². The van der Waals surface area contributed by atoms with Crippen LogP contribution in [0.4, 0.5) is 0 Å². The van der Waals surface area contributed by atoms with Gasteiger partial charge < -0.3 is 4.57 Å². The highest BCUT2D eigenvalue weighted by Gasteiger charge is 2.40. The zero-order valence-corrected chi connectivity index (χ0v) is 16.9. The molecular formula is C20H26N4O3S. The number of aryl methyl sites for hydroxylation is 1. The highest BCUT2D eigenvalue weighted by atomic mass is 32.2. The van der Waals surface area contributed by atoms with Crippen molar-refractivity contribution in [3.8, 4) is 0 Å². The second-order valence-electron chi connectivity index (χ2n) is 8.52. The number of nitrogens with zero attached hydrogens (tertiary/aromatic N) is 4. The van der Waals surface area contributed by atoms with Crippen LogP contribution in [0.2, 0.25) is 0 Å². The molecule has 1 saturated heterocycles. The molecule has 8 heteroatoms. The lowest BCUT2D eigenvalue weighted by Gasteiger charge is -2.41. The van der Waals surface area contributed by atoms with Gasteiger partial charge in [-0.15, -0.1) is 0 Å². The molecule has 2 aromatic rings. The summed E-state index contributed by atoms with van der Waals surface area (Å²) >= 11 is 0. The Kier molecular flexibility index (Phi) is 4.24. The Morgan fingerprint density at radius 2 is 1.89 bits per heavy atom. The molecule has 28 heavy (non-hydrogen) atoms. The van der Waals surface area contributed by atoms with Gasteiger partial charge in [-0.2, -0.15) is 9.40 Å². The molecule has 0 aromatic carbocycles. The van der Waals surface area contributed by atoms with Gasteiger partial charge >= 0.3 is 0 Å². The van der Waals surface area contributed by atoms with Crippen LogP contribution < -0.4 is 5.56 Å². The van der Waals surface area contributed by atoms with Crippen molar-refractivity contribution in [2.75, 3.05) is 13.1 Å². The molecule has 0 radical (unpaired) electrons. The molecule has 2 aromatic heterocycles. The van der Waals surface area contributed by atoms with Gasteiger partial charge in [0.15, 0.2) is 0 Å². The number of rotatable bonds is 3. The number of pyridine rings is 1. The molecule has 7 nitrogen and oxygen atoms in total. The predicted molar refractivity (Wildman–Crippen MR) is 105 cm³/mol. The molecule has 2 atom stereocenters. The first kappa shape index (κ1) is 18.1. The average molecular weight is 403 g/mol. The van der Waals surface area contributed by atoms with Gasteiger partial charge in [0.2, 0.25) is 10.0 Å². The lowest BCUT2D eigenvalue weighted by Crippen LogP contribution is -2.49. The Morgan fingerprint density at radius 1 is 1.11 bits per heavy atom. The summed E-state index contributed by atoms with van der Waals surface area (Å²) in [5.41, 5.74) is 1.55. The van der Waals surface area contributed by atoms with E-state index in [-0.39, 0.29) is 17.4 Å². The largest absolute Gasteiger partial charge is 0.312 e. The van der Waals surface area contributed by atoms with Crippen molar-refractivity contribution in [2.45, 2.75) is 62.4 Å². The van der Waals surface area contributed by atoms with Crippen LogP contribution in [0.15, 0.2) is 34.1 Å². The van der Waals surface area contributed by atoms with Crippen molar-refractivity contribution in [2.24, 2.45) is 5.92 Å². The first-order valence-corrected chi connectivity index (χ1v) is 11.6. The summed E-state index contributed by atoms with van der Waals surface area (Å²) in [5.74, 6) is 0.243. The van der Waals surface area contributed by atoms with Gasteiger partial charge in [0.25, 0.3) is 5.56 Å². The summed E-state index contributed by atoms with van der Waals surface area (Å²) < 4.78 is 32.2. The fraction of sp³-hybridized carbons (Fsp3) is 0.600. The summed E-state index contributed by atoms with van der Waals surface area (Å²) in [5, 5.41) is 4.54. The second kappa shape index (κ2) is 6.56. The van der Waals surface area contributed by atoms with Crippen LogP contribution in [0, 0.1) is 12.8 Å². The fourth-order valence-corrected chi connectivity index (χ4v) is 6.98. The van der Waals surface area contributed by atoms with E-state index in [2.05, 4.69) is 5.10 Å². The summed E-state index contributed by atoms with van der Waals surface area (Å²) in [7, 11) is -3.59. The number of fused-ring (bicyclic) bond motifs is 4.